The lowest BCUT2D eigenvalue weighted by molar-refractivity contribution is -0.400. The zero-order chi connectivity index (χ0) is 15.4. The first kappa shape index (κ1) is 13.9. The third kappa shape index (κ3) is 3.15. The molecule has 110 valence electrons. The number of H-pyrrole nitrogens is 1. The van der Waals surface area contributed by atoms with Crippen LogP contribution >= 0.6 is 0 Å². The van der Waals surface area contributed by atoms with E-state index < -0.39 is 4.92 Å². The van der Waals surface area contributed by atoms with Crippen LogP contribution in [0.25, 0.3) is 17.0 Å². The molecule has 3 rings (SSSR count). The van der Waals surface area contributed by atoms with Gasteiger partial charge in [0.1, 0.15) is 12.4 Å². The van der Waals surface area contributed by atoms with E-state index in [1.54, 1.807) is 6.20 Å². The minimum atomic E-state index is -0.478. The number of aromatic amines is 1. The van der Waals surface area contributed by atoms with Gasteiger partial charge in [0.2, 0.25) is 6.20 Å². The highest BCUT2D eigenvalue weighted by molar-refractivity contribution is 5.89. The molecule has 0 atom stereocenters. The molecule has 3 aromatic rings. The SMILES string of the molecule is O=[N+]([O-])/C=C/c1c[nH]c2ccc(OCc3ccccc3)cc12. The van der Waals surface area contributed by atoms with E-state index in [4.69, 9.17) is 4.74 Å². The van der Waals surface area contributed by atoms with Crippen LogP contribution in [0.1, 0.15) is 11.1 Å². The summed E-state index contributed by atoms with van der Waals surface area (Å²) >= 11 is 0. The summed E-state index contributed by atoms with van der Waals surface area (Å²) in [5, 5.41) is 11.3. The van der Waals surface area contributed by atoms with E-state index >= 15 is 0 Å². The van der Waals surface area contributed by atoms with Crippen molar-refractivity contribution in [1.82, 2.24) is 4.98 Å². The summed E-state index contributed by atoms with van der Waals surface area (Å²) in [4.78, 5) is 13.0. The van der Waals surface area contributed by atoms with Crippen LogP contribution in [0.5, 0.6) is 5.75 Å². The zero-order valence-corrected chi connectivity index (χ0v) is 11.7. The van der Waals surface area contributed by atoms with E-state index in [1.807, 2.05) is 48.5 Å². The van der Waals surface area contributed by atoms with E-state index in [9.17, 15) is 10.1 Å². The predicted molar refractivity (Wildman–Crippen MR) is 85.1 cm³/mol. The van der Waals surface area contributed by atoms with Crippen molar-refractivity contribution in [3.05, 3.63) is 82.2 Å². The maximum atomic E-state index is 10.4. The average molecular weight is 294 g/mol. The minimum Gasteiger partial charge on any atom is -0.489 e. The van der Waals surface area contributed by atoms with Gasteiger partial charge in [0.05, 0.1) is 4.92 Å². The fourth-order valence-electron chi connectivity index (χ4n) is 2.23. The molecule has 0 unspecified atom stereocenters. The first-order chi connectivity index (χ1) is 10.7. The fraction of sp³-hybridized carbons (Fsp3) is 0.0588. The minimum absolute atomic E-state index is 0.478. The summed E-state index contributed by atoms with van der Waals surface area (Å²) in [6.07, 6.45) is 4.14. The molecule has 0 radical (unpaired) electrons. The van der Waals surface area contributed by atoms with Crippen molar-refractivity contribution in [2.24, 2.45) is 0 Å². The molecule has 0 fully saturated rings. The smallest absolute Gasteiger partial charge is 0.235 e. The van der Waals surface area contributed by atoms with Gasteiger partial charge in [-0.2, -0.15) is 0 Å². The topological polar surface area (TPSA) is 68.2 Å². The molecule has 5 heteroatoms. The van der Waals surface area contributed by atoms with Gasteiger partial charge in [0, 0.05) is 28.7 Å². The van der Waals surface area contributed by atoms with Crippen molar-refractivity contribution in [2.75, 3.05) is 0 Å². The number of benzene rings is 2. The summed E-state index contributed by atoms with van der Waals surface area (Å²) in [7, 11) is 0. The Balaban J connectivity index is 1.82. The summed E-state index contributed by atoms with van der Waals surface area (Å²) in [6, 6.07) is 15.6. The lowest BCUT2D eigenvalue weighted by atomic mass is 10.1. The monoisotopic (exact) mass is 294 g/mol. The van der Waals surface area contributed by atoms with Crippen LogP contribution in [0.15, 0.2) is 60.9 Å². The first-order valence-corrected chi connectivity index (χ1v) is 6.82. The molecule has 0 saturated heterocycles. The van der Waals surface area contributed by atoms with Gasteiger partial charge < -0.3 is 9.72 Å². The molecule has 1 aromatic heterocycles. The molecule has 0 spiro atoms. The number of aromatic nitrogens is 1. The third-order valence-corrected chi connectivity index (χ3v) is 3.31. The molecule has 0 aliphatic carbocycles. The van der Waals surface area contributed by atoms with Crippen molar-refractivity contribution in [1.29, 1.82) is 0 Å². The number of fused-ring (bicyclic) bond motifs is 1. The Morgan fingerprint density at radius 2 is 2.00 bits per heavy atom. The average Bonchev–Trinajstić information content (AvgIpc) is 2.94. The van der Waals surface area contributed by atoms with E-state index in [-0.39, 0.29) is 0 Å². The Hall–Kier alpha value is -3.08. The maximum absolute atomic E-state index is 10.4. The van der Waals surface area contributed by atoms with Crippen molar-refractivity contribution in [3.8, 4) is 5.75 Å². The third-order valence-electron chi connectivity index (χ3n) is 3.31. The van der Waals surface area contributed by atoms with E-state index in [2.05, 4.69) is 4.98 Å². The normalized spacial score (nSPS) is 11.1. The van der Waals surface area contributed by atoms with Crippen LogP contribution in [0.2, 0.25) is 0 Å². The Kier molecular flexibility index (Phi) is 3.87. The lowest BCUT2D eigenvalue weighted by Crippen LogP contribution is -1.94. The van der Waals surface area contributed by atoms with E-state index in [1.165, 1.54) is 6.08 Å². The highest BCUT2D eigenvalue weighted by atomic mass is 16.6. The van der Waals surface area contributed by atoms with Gasteiger partial charge >= 0.3 is 0 Å². The fourth-order valence-corrected chi connectivity index (χ4v) is 2.23. The zero-order valence-electron chi connectivity index (χ0n) is 11.7. The molecule has 0 saturated carbocycles. The summed E-state index contributed by atoms with van der Waals surface area (Å²) < 4.78 is 5.78. The van der Waals surface area contributed by atoms with Gasteiger partial charge in [0.25, 0.3) is 0 Å². The maximum Gasteiger partial charge on any atom is 0.235 e. The van der Waals surface area contributed by atoms with Gasteiger partial charge in [-0.25, -0.2) is 0 Å². The molecule has 0 aliphatic heterocycles. The van der Waals surface area contributed by atoms with Crippen molar-refractivity contribution < 1.29 is 9.66 Å². The highest BCUT2D eigenvalue weighted by Gasteiger charge is 2.04. The number of nitrogens with one attached hydrogen (secondary N) is 1. The quantitative estimate of drug-likeness (QED) is 0.571. The Morgan fingerprint density at radius 3 is 2.77 bits per heavy atom. The standard InChI is InChI=1S/C17H14N2O3/c20-19(21)9-8-14-11-18-17-7-6-15(10-16(14)17)22-12-13-4-2-1-3-5-13/h1-11,18H,12H2/b9-8+. The molecule has 0 amide bonds. The molecular weight excluding hydrogens is 280 g/mol. The van der Waals surface area contributed by atoms with Gasteiger partial charge in [-0.05, 0) is 23.8 Å². The number of nitro groups is 1. The van der Waals surface area contributed by atoms with Crippen LogP contribution in [-0.2, 0) is 6.61 Å². The number of hydrogen-bond acceptors (Lipinski definition) is 3. The molecule has 0 aliphatic rings. The van der Waals surface area contributed by atoms with Crippen LogP contribution in [-0.4, -0.2) is 9.91 Å². The van der Waals surface area contributed by atoms with Crippen molar-refractivity contribution in [2.45, 2.75) is 6.61 Å². The predicted octanol–water partition coefficient (Wildman–Crippen LogP) is 3.99. The molecular formula is C17H14N2O3. The van der Waals surface area contributed by atoms with Gasteiger partial charge in [-0.15, -0.1) is 0 Å². The van der Waals surface area contributed by atoms with E-state index in [0.717, 1.165) is 34.0 Å². The summed E-state index contributed by atoms with van der Waals surface area (Å²) in [5.74, 6) is 0.728. The Bertz CT molecular complexity index is 822. The summed E-state index contributed by atoms with van der Waals surface area (Å²) in [5.41, 5.74) is 2.76. The lowest BCUT2D eigenvalue weighted by Gasteiger charge is -2.06. The van der Waals surface area contributed by atoms with E-state index in [0.29, 0.717) is 6.61 Å². The second kappa shape index (κ2) is 6.13. The second-order valence-electron chi connectivity index (χ2n) is 4.83. The molecule has 0 bridgehead atoms. The van der Waals surface area contributed by atoms with Crippen molar-refractivity contribution >= 4 is 17.0 Å². The van der Waals surface area contributed by atoms with Gasteiger partial charge in [0.15, 0.2) is 0 Å². The van der Waals surface area contributed by atoms with Crippen LogP contribution in [0.3, 0.4) is 0 Å². The molecule has 5 nitrogen and oxygen atoms in total. The molecule has 1 N–H and O–H groups in total. The largest absolute Gasteiger partial charge is 0.489 e. The second-order valence-corrected chi connectivity index (χ2v) is 4.83. The number of ether oxygens (including phenoxy) is 1. The number of rotatable bonds is 5. The number of hydrogen-bond donors (Lipinski definition) is 1. The van der Waals surface area contributed by atoms with Crippen LogP contribution in [0, 0.1) is 10.1 Å². The first-order valence-electron chi connectivity index (χ1n) is 6.82. The Morgan fingerprint density at radius 1 is 1.18 bits per heavy atom. The van der Waals surface area contributed by atoms with Gasteiger partial charge in [-0.1, -0.05) is 30.3 Å². The van der Waals surface area contributed by atoms with Gasteiger partial charge in [-0.3, -0.25) is 10.1 Å². The van der Waals surface area contributed by atoms with Crippen molar-refractivity contribution in [3.63, 3.8) is 0 Å². The highest BCUT2D eigenvalue weighted by Crippen LogP contribution is 2.25. The molecule has 22 heavy (non-hydrogen) atoms. The molecule has 2 aromatic carbocycles. The van der Waals surface area contributed by atoms with Crippen LogP contribution in [0.4, 0.5) is 0 Å². The van der Waals surface area contributed by atoms with Crippen LogP contribution < -0.4 is 4.74 Å². The number of nitrogens with zero attached hydrogens (tertiary/aromatic N) is 1. The summed E-state index contributed by atoms with van der Waals surface area (Å²) in [6.45, 7) is 0.483. The molecule has 1 heterocycles. The Labute approximate surface area is 127 Å².